The molecule has 1 saturated heterocycles. The second-order valence-corrected chi connectivity index (χ2v) is 7.36. The number of nitrogens with two attached hydrogens (primary N) is 2. The Kier molecular flexibility index (Phi) is 4.16. The van der Waals surface area contributed by atoms with Gasteiger partial charge in [-0.05, 0) is 32.0 Å². The Morgan fingerprint density at radius 2 is 2.14 bits per heavy atom. The van der Waals surface area contributed by atoms with Gasteiger partial charge in [-0.3, -0.25) is 0 Å². The van der Waals surface area contributed by atoms with Crippen LogP contribution in [-0.2, 0) is 14.8 Å². The molecule has 2 rings (SSSR count). The molecule has 0 amide bonds. The average molecular weight is 315 g/mol. The molecule has 0 bridgehead atoms. The molecule has 0 radical (unpaired) electrons. The number of hydrogen-bond acceptors (Lipinski definition) is 6. The third-order valence-electron chi connectivity index (χ3n) is 3.35. The number of primary sulfonamides is 1. The van der Waals surface area contributed by atoms with Gasteiger partial charge in [-0.15, -0.1) is 0 Å². The molecule has 0 spiro atoms. The minimum Gasteiger partial charge on any atom is -0.398 e. The van der Waals surface area contributed by atoms with Crippen LogP contribution in [0.25, 0.3) is 0 Å². The van der Waals surface area contributed by atoms with Gasteiger partial charge >= 0.3 is 0 Å². The molecule has 1 aliphatic heterocycles. The van der Waals surface area contributed by atoms with E-state index in [4.69, 9.17) is 15.6 Å². The van der Waals surface area contributed by atoms with Crippen molar-refractivity contribution in [1.29, 1.82) is 0 Å². The fourth-order valence-corrected chi connectivity index (χ4v) is 3.22. The molecule has 0 aliphatic carbocycles. The number of aliphatic hydroxyl groups is 1. The highest BCUT2D eigenvalue weighted by Gasteiger charge is 2.33. The van der Waals surface area contributed by atoms with Gasteiger partial charge in [0.25, 0.3) is 0 Å². The van der Waals surface area contributed by atoms with E-state index in [1.54, 1.807) is 12.1 Å². The summed E-state index contributed by atoms with van der Waals surface area (Å²) in [6.45, 7) is 4.91. The Labute approximate surface area is 124 Å². The third-order valence-corrected chi connectivity index (χ3v) is 4.33. The Morgan fingerprint density at radius 1 is 1.48 bits per heavy atom. The van der Waals surface area contributed by atoms with E-state index in [-0.39, 0.29) is 23.3 Å². The van der Waals surface area contributed by atoms with Crippen LogP contribution < -0.4 is 15.8 Å². The van der Waals surface area contributed by atoms with Crippen LogP contribution in [-0.4, -0.2) is 44.9 Å². The number of ether oxygens (including phenoxy) is 1. The van der Waals surface area contributed by atoms with Crippen LogP contribution in [0.1, 0.15) is 13.8 Å². The van der Waals surface area contributed by atoms with Crippen LogP contribution in [0.2, 0.25) is 0 Å². The van der Waals surface area contributed by atoms with E-state index in [0.29, 0.717) is 13.1 Å². The van der Waals surface area contributed by atoms with Crippen LogP contribution >= 0.6 is 0 Å². The maximum Gasteiger partial charge on any atom is 0.240 e. The van der Waals surface area contributed by atoms with Gasteiger partial charge in [0.05, 0.1) is 24.0 Å². The summed E-state index contributed by atoms with van der Waals surface area (Å²) in [6.07, 6.45) is -0.298. The standard InChI is InChI=1S/C13H21N3O4S/c1-13(2)8-16(6-10(7-17)20-13)9-3-4-12(11(14)5-9)21(15,18)19/h3-5,10,17H,6-8,14H2,1-2H3,(H2,15,18,19). The summed E-state index contributed by atoms with van der Waals surface area (Å²) in [5.74, 6) is 0. The van der Waals surface area contributed by atoms with E-state index >= 15 is 0 Å². The predicted octanol–water partition coefficient (Wildman–Crippen LogP) is -0.108. The zero-order valence-electron chi connectivity index (χ0n) is 12.1. The highest BCUT2D eigenvalue weighted by Crippen LogP contribution is 2.29. The molecular formula is C13H21N3O4S. The highest BCUT2D eigenvalue weighted by molar-refractivity contribution is 7.89. The predicted molar refractivity (Wildman–Crippen MR) is 80.5 cm³/mol. The van der Waals surface area contributed by atoms with Crippen molar-refractivity contribution >= 4 is 21.4 Å². The first-order chi connectivity index (χ1) is 9.62. The molecule has 21 heavy (non-hydrogen) atoms. The Morgan fingerprint density at radius 3 is 2.67 bits per heavy atom. The minimum absolute atomic E-state index is 0.0787. The van der Waals surface area contributed by atoms with Gasteiger partial charge in [0.1, 0.15) is 4.90 Å². The van der Waals surface area contributed by atoms with Gasteiger partial charge in [0.2, 0.25) is 10.0 Å². The first kappa shape index (κ1) is 16.0. The summed E-state index contributed by atoms with van der Waals surface area (Å²) >= 11 is 0. The van der Waals surface area contributed by atoms with Crippen molar-refractivity contribution in [3.8, 4) is 0 Å². The lowest BCUT2D eigenvalue weighted by Gasteiger charge is -2.43. The maximum absolute atomic E-state index is 11.4. The Bertz CT molecular complexity index is 630. The van der Waals surface area contributed by atoms with Crippen LogP contribution in [0.15, 0.2) is 23.1 Å². The van der Waals surface area contributed by atoms with E-state index in [1.807, 2.05) is 18.7 Å². The lowest BCUT2D eigenvalue weighted by Crippen LogP contribution is -2.54. The van der Waals surface area contributed by atoms with Gasteiger partial charge < -0.3 is 20.5 Å². The molecule has 5 N–H and O–H groups in total. The number of nitrogen functional groups attached to an aromatic ring is 1. The van der Waals surface area contributed by atoms with Crippen molar-refractivity contribution in [2.45, 2.75) is 30.4 Å². The number of aliphatic hydroxyl groups excluding tert-OH is 1. The van der Waals surface area contributed by atoms with E-state index in [0.717, 1.165) is 5.69 Å². The lowest BCUT2D eigenvalue weighted by atomic mass is 10.0. The van der Waals surface area contributed by atoms with Gasteiger partial charge in [0.15, 0.2) is 0 Å². The molecule has 7 nitrogen and oxygen atoms in total. The topological polar surface area (TPSA) is 119 Å². The van der Waals surface area contributed by atoms with E-state index < -0.39 is 15.6 Å². The summed E-state index contributed by atoms with van der Waals surface area (Å²) < 4.78 is 28.5. The first-order valence-corrected chi connectivity index (χ1v) is 8.13. The molecule has 0 aromatic heterocycles. The van der Waals surface area contributed by atoms with Gasteiger partial charge in [-0.1, -0.05) is 0 Å². The van der Waals surface area contributed by atoms with Gasteiger partial charge in [-0.2, -0.15) is 0 Å². The monoisotopic (exact) mass is 315 g/mol. The number of anilines is 2. The molecule has 1 aromatic carbocycles. The molecule has 118 valence electrons. The summed E-state index contributed by atoms with van der Waals surface area (Å²) in [7, 11) is -3.83. The highest BCUT2D eigenvalue weighted by atomic mass is 32.2. The van der Waals surface area contributed by atoms with E-state index in [1.165, 1.54) is 6.07 Å². The number of nitrogens with zero attached hydrogens (tertiary/aromatic N) is 1. The maximum atomic E-state index is 11.4. The molecular weight excluding hydrogens is 294 g/mol. The van der Waals surface area contributed by atoms with Gasteiger partial charge in [-0.25, -0.2) is 13.6 Å². The Balaban J connectivity index is 2.32. The molecule has 1 atom stereocenters. The number of hydrogen-bond donors (Lipinski definition) is 3. The molecule has 8 heteroatoms. The number of benzene rings is 1. The van der Waals surface area contributed by atoms with Crippen molar-refractivity contribution in [2.24, 2.45) is 5.14 Å². The van der Waals surface area contributed by atoms with E-state index in [2.05, 4.69) is 0 Å². The van der Waals surface area contributed by atoms with Crippen molar-refractivity contribution in [2.75, 3.05) is 30.3 Å². The molecule has 1 fully saturated rings. The van der Waals surface area contributed by atoms with Crippen LogP contribution in [0, 0.1) is 0 Å². The summed E-state index contributed by atoms with van der Waals surface area (Å²) in [6, 6.07) is 4.64. The van der Waals surface area contributed by atoms with E-state index in [9.17, 15) is 13.5 Å². The second kappa shape index (κ2) is 5.45. The van der Waals surface area contributed by atoms with Crippen molar-refractivity contribution in [3.05, 3.63) is 18.2 Å². The average Bonchev–Trinajstić information content (AvgIpc) is 2.35. The van der Waals surface area contributed by atoms with Crippen LogP contribution in [0.5, 0.6) is 0 Å². The number of morpholine rings is 1. The third kappa shape index (κ3) is 3.65. The quantitative estimate of drug-likeness (QED) is 0.670. The fraction of sp³-hybridized carbons (Fsp3) is 0.538. The van der Waals surface area contributed by atoms with Crippen LogP contribution in [0.4, 0.5) is 11.4 Å². The second-order valence-electron chi connectivity index (χ2n) is 5.83. The molecule has 1 unspecified atom stereocenters. The normalized spacial score (nSPS) is 22.3. The summed E-state index contributed by atoms with van der Waals surface area (Å²) in [5.41, 5.74) is 6.25. The largest absolute Gasteiger partial charge is 0.398 e. The summed E-state index contributed by atoms with van der Waals surface area (Å²) in [4.78, 5) is 1.92. The van der Waals surface area contributed by atoms with Crippen LogP contribution in [0.3, 0.4) is 0 Å². The smallest absolute Gasteiger partial charge is 0.240 e. The van der Waals surface area contributed by atoms with Crippen molar-refractivity contribution in [1.82, 2.24) is 0 Å². The zero-order chi connectivity index (χ0) is 15.8. The summed E-state index contributed by atoms with van der Waals surface area (Å²) in [5, 5.41) is 14.4. The zero-order valence-corrected chi connectivity index (χ0v) is 12.9. The SMILES string of the molecule is CC1(C)CN(c2ccc(S(N)(=O)=O)c(N)c2)CC(CO)O1. The van der Waals surface area contributed by atoms with Gasteiger partial charge in [0, 0.05) is 18.8 Å². The van der Waals surface area contributed by atoms with Crippen molar-refractivity contribution < 1.29 is 18.3 Å². The molecule has 0 saturated carbocycles. The van der Waals surface area contributed by atoms with Crippen molar-refractivity contribution in [3.63, 3.8) is 0 Å². The molecule has 1 heterocycles. The number of sulfonamides is 1. The first-order valence-electron chi connectivity index (χ1n) is 6.58. The lowest BCUT2D eigenvalue weighted by molar-refractivity contribution is -0.101. The molecule has 1 aliphatic rings. The molecule has 1 aromatic rings. The Hall–Kier alpha value is -1.35. The number of rotatable bonds is 3. The minimum atomic E-state index is -3.83. The fourth-order valence-electron chi connectivity index (χ4n) is 2.58.